The van der Waals surface area contributed by atoms with Crippen LogP contribution in [0.25, 0.3) is 0 Å². The fourth-order valence-corrected chi connectivity index (χ4v) is 1.43. The van der Waals surface area contributed by atoms with Crippen LogP contribution in [0.3, 0.4) is 0 Å². The number of pyridine rings is 1. The highest BCUT2D eigenvalue weighted by Crippen LogP contribution is 2.12. The molecule has 0 bridgehead atoms. The minimum absolute atomic E-state index is 0.790. The van der Waals surface area contributed by atoms with Crippen molar-refractivity contribution in [2.45, 2.75) is 13.5 Å². The van der Waals surface area contributed by atoms with Gasteiger partial charge in [-0.05, 0) is 18.6 Å². The summed E-state index contributed by atoms with van der Waals surface area (Å²) >= 11 is 0. The van der Waals surface area contributed by atoms with Gasteiger partial charge in [0.25, 0.3) is 0 Å². The van der Waals surface area contributed by atoms with Crippen LogP contribution in [0, 0.1) is 6.92 Å². The maximum atomic E-state index is 4.12. The molecule has 0 aromatic carbocycles. The number of hydrogen-bond donors (Lipinski definition) is 1. The third-order valence-corrected chi connectivity index (χ3v) is 2.26. The normalized spacial score (nSPS) is 10.3. The molecule has 4 nitrogen and oxygen atoms in total. The van der Waals surface area contributed by atoms with Gasteiger partial charge in [0.05, 0.1) is 6.20 Å². The molecule has 2 rings (SSSR count). The SMILES string of the molecule is Cc1cnccc1NCc1cnn(C)c1. The summed E-state index contributed by atoms with van der Waals surface area (Å²) in [5, 5.41) is 7.46. The quantitative estimate of drug-likeness (QED) is 0.824. The predicted octanol–water partition coefficient (Wildman–Crippen LogP) is 1.74. The van der Waals surface area contributed by atoms with Gasteiger partial charge in [0, 0.05) is 43.4 Å². The first-order chi connectivity index (χ1) is 7.25. The third-order valence-electron chi connectivity index (χ3n) is 2.26. The van der Waals surface area contributed by atoms with Crippen molar-refractivity contribution < 1.29 is 0 Å². The summed E-state index contributed by atoms with van der Waals surface area (Å²) in [7, 11) is 1.92. The first-order valence-corrected chi connectivity index (χ1v) is 4.88. The van der Waals surface area contributed by atoms with E-state index in [1.54, 1.807) is 10.9 Å². The first-order valence-electron chi connectivity index (χ1n) is 4.88. The van der Waals surface area contributed by atoms with Crippen molar-refractivity contribution in [3.05, 3.63) is 42.0 Å². The van der Waals surface area contributed by atoms with Crippen molar-refractivity contribution in [2.24, 2.45) is 7.05 Å². The van der Waals surface area contributed by atoms with E-state index < -0.39 is 0 Å². The Kier molecular flexibility index (Phi) is 2.67. The van der Waals surface area contributed by atoms with E-state index >= 15 is 0 Å². The van der Waals surface area contributed by atoms with Crippen molar-refractivity contribution >= 4 is 5.69 Å². The first kappa shape index (κ1) is 9.71. The zero-order chi connectivity index (χ0) is 10.7. The van der Waals surface area contributed by atoms with Crippen LogP contribution in [0.2, 0.25) is 0 Å². The second kappa shape index (κ2) is 4.13. The lowest BCUT2D eigenvalue weighted by Gasteiger charge is -2.06. The van der Waals surface area contributed by atoms with Crippen LogP contribution >= 0.6 is 0 Å². The average Bonchev–Trinajstić information content (AvgIpc) is 2.63. The maximum Gasteiger partial charge on any atom is 0.0539 e. The fraction of sp³-hybridized carbons (Fsp3) is 0.273. The molecular formula is C11H14N4. The van der Waals surface area contributed by atoms with Gasteiger partial charge in [-0.3, -0.25) is 9.67 Å². The molecule has 0 aliphatic carbocycles. The fourth-order valence-electron chi connectivity index (χ4n) is 1.43. The molecule has 0 aliphatic rings. The van der Waals surface area contributed by atoms with E-state index in [9.17, 15) is 0 Å². The lowest BCUT2D eigenvalue weighted by molar-refractivity contribution is 0.767. The van der Waals surface area contributed by atoms with Gasteiger partial charge >= 0.3 is 0 Å². The maximum absolute atomic E-state index is 4.12. The van der Waals surface area contributed by atoms with Crippen molar-refractivity contribution in [3.8, 4) is 0 Å². The van der Waals surface area contributed by atoms with Crippen molar-refractivity contribution in [2.75, 3.05) is 5.32 Å². The number of hydrogen-bond acceptors (Lipinski definition) is 3. The summed E-state index contributed by atoms with van der Waals surface area (Å²) < 4.78 is 1.80. The Morgan fingerprint density at radius 3 is 2.93 bits per heavy atom. The summed E-state index contributed by atoms with van der Waals surface area (Å²) in [6.45, 7) is 2.83. The lowest BCUT2D eigenvalue weighted by atomic mass is 10.2. The summed E-state index contributed by atoms with van der Waals surface area (Å²) in [6.07, 6.45) is 7.51. The molecule has 0 saturated carbocycles. The van der Waals surface area contributed by atoms with E-state index in [1.807, 2.05) is 38.6 Å². The number of nitrogens with zero attached hydrogens (tertiary/aromatic N) is 3. The molecule has 2 aromatic rings. The molecule has 0 unspecified atom stereocenters. The van der Waals surface area contributed by atoms with E-state index in [-0.39, 0.29) is 0 Å². The monoisotopic (exact) mass is 202 g/mol. The van der Waals surface area contributed by atoms with Gasteiger partial charge in [0.2, 0.25) is 0 Å². The topological polar surface area (TPSA) is 42.7 Å². The Bertz CT molecular complexity index is 447. The van der Waals surface area contributed by atoms with Crippen LogP contribution in [0.1, 0.15) is 11.1 Å². The van der Waals surface area contributed by atoms with Gasteiger partial charge < -0.3 is 5.32 Å². The molecule has 2 aromatic heterocycles. The second-order valence-corrected chi connectivity index (χ2v) is 3.57. The van der Waals surface area contributed by atoms with E-state index in [0.717, 1.165) is 17.8 Å². The molecule has 0 aliphatic heterocycles. The van der Waals surface area contributed by atoms with E-state index in [1.165, 1.54) is 5.56 Å². The molecule has 0 fully saturated rings. The average molecular weight is 202 g/mol. The molecular weight excluding hydrogens is 188 g/mol. The van der Waals surface area contributed by atoms with E-state index in [4.69, 9.17) is 0 Å². The standard InChI is InChI=1S/C11H14N4/c1-9-5-12-4-3-11(9)13-6-10-7-14-15(2)8-10/h3-5,7-8H,6H2,1-2H3,(H,12,13). The molecule has 0 radical (unpaired) electrons. The number of anilines is 1. The minimum atomic E-state index is 0.790. The Hall–Kier alpha value is -1.84. The van der Waals surface area contributed by atoms with Gasteiger partial charge in [-0.25, -0.2) is 0 Å². The molecule has 4 heteroatoms. The molecule has 0 atom stereocenters. The Labute approximate surface area is 89.0 Å². The third kappa shape index (κ3) is 2.34. The number of aromatic nitrogens is 3. The Morgan fingerprint density at radius 1 is 1.40 bits per heavy atom. The van der Waals surface area contributed by atoms with Crippen LogP contribution in [-0.4, -0.2) is 14.8 Å². The molecule has 15 heavy (non-hydrogen) atoms. The van der Waals surface area contributed by atoms with Gasteiger partial charge in [0.1, 0.15) is 0 Å². The van der Waals surface area contributed by atoms with E-state index in [0.29, 0.717) is 0 Å². The summed E-state index contributed by atoms with van der Waals surface area (Å²) in [6, 6.07) is 1.98. The van der Waals surface area contributed by atoms with Crippen molar-refractivity contribution in [1.82, 2.24) is 14.8 Å². The van der Waals surface area contributed by atoms with Crippen LogP contribution < -0.4 is 5.32 Å². The highest BCUT2D eigenvalue weighted by atomic mass is 15.2. The van der Waals surface area contributed by atoms with Crippen LogP contribution in [0.4, 0.5) is 5.69 Å². The molecule has 0 amide bonds. The number of nitrogens with one attached hydrogen (secondary N) is 1. The van der Waals surface area contributed by atoms with Gasteiger partial charge in [0.15, 0.2) is 0 Å². The molecule has 1 N–H and O–H groups in total. The van der Waals surface area contributed by atoms with Crippen LogP contribution in [0.5, 0.6) is 0 Å². The largest absolute Gasteiger partial charge is 0.381 e. The molecule has 2 heterocycles. The highest BCUT2D eigenvalue weighted by Gasteiger charge is 1.98. The minimum Gasteiger partial charge on any atom is -0.381 e. The van der Waals surface area contributed by atoms with Gasteiger partial charge in [-0.15, -0.1) is 0 Å². The molecule has 0 saturated heterocycles. The predicted molar refractivity (Wildman–Crippen MR) is 59.5 cm³/mol. The molecule has 78 valence electrons. The smallest absolute Gasteiger partial charge is 0.0539 e. The number of rotatable bonds is 3. The lowest BCUT2D eigenvalue weighted by Crippen LogP contribution is -2.00. The van der Waals surface area contributed by atoms with Crippen LogP contribution in [-0.2, 0) is 13.6 Å². The Morgan fingerprint density at radius 2 is 2.27 bits per heavy atom. The van der Waals surface area contributed by atoms with Gasteiger partial charge in [-0.1, -0.05) is 0 Å². The van der Waals surface area contributed by atoms with Crippen molar-refractivity contribution in [1.29, 1.82) is 0 Å². The Balaban J connectivity index is 2.02. The summed E-state index contributed by atoms with van der Waals surface area (Å²) in [4.78, 5) is 4.05. The zero-order valence-corrected chi connectivity index (χ0v) is 8.94. The van der Waals surface area contributed by atoms with E-state index in [2.05, 4.69) is 15.4 Å². The second-order valence-electron chi connectivity index (χ2n) is 3.57. The summed E-state index contributed by atoms with van der Waals surface area (Å²) in [5.74, 6) is 0. The van der Waals surface area contributed by atoms with Crippen molar-refractivity contribution in [3.63, 3.8) is 0 Å². The highest BCUT2D eigenvalue weighted by molar-refractivity contribution is 5.48. The van der Waals surface area contributed by atoms with Crippen LogP contribution in [0.15, 0.2) is 30.9 Å². The zero-order valence-electron chi connectivity index (χ0n) is 8.94. The number of aryl methyl sites for hydroxylation is 2. The summed E-state index contributed by atoms with van der Waals surface area (Å²) in [5.41, 5.74) is 3.45. The molecule has 0 spiro atoms. The van der Waals surface area contributed by atoms with Gasteiger partial charge in [-0.2, -0.15) is 5.10 Å².